The molecule has 0 saturated heterocycles. The Labute approximate surface area is 113 Å². The van der Waals surface area contributed by atoms with Gasteiger partial charge in [-0.1, -0.05) is 12.1 Å². The monoisotopic (exact) mass is 255 g/mol. The Kier molecular flexibility index (Phi) is 3.95. The molecular weight excluding hydrogens is 238 g/mol. The van der Waals surface area contributed by atoms with Crippen molar-refractivity contribution in [2.75, 3.05) is 7.11 Å². The van der Waals surface area contributed by atoms with Gasteiger partial charge in [0, 0.05) is 11.4 Å². The van der Waals surface area contributed by atoms with Crippen LogP contribution in [0.1, 0.15) is 27.3 Å². The number of Topliss-reactive ketones (excluding diaryl/α,β-unsaturated/α-hetero) is 1. The minimum atomic E-state index is 0.0231. The Morgan fingerprint density at radius 1 is 1.21 bits per heavy atom. The lowest BCUT2D eigenvalue weighted by atomic mass is 10.0. The Morgan fingerprint density at radius 3 is 2.68 bits per heavy atom. The van der Waals surface area contributed by atoms with Crippen LogP contribution in [0, 0.1) is 13.8 Å². The van der Waals surface area contributed by atoms with E-state index in [2.05, 4.69) is 4.98 Å². The van der Waals surface area contributed by atoms with Gasteiger partial charge in [0.15, 0.2) is 5.78 Å². The second-order valence-corrected chi connectivity index (χ2v) is 4.57. The number of rotatable bonds is 4. The first-order valence-electron chi connectivity index (χ1n) is 6.20. The number of nitrogens with zero attached hydrogens (tertiary/aromatic N) is 1. The quantitative estimate of drug-likeness (QED) is 0.788. The molecule has 0 atom stereocenters. The third-order valence-electron chi connectivity index (χ3n) is 2.95. The second-order valence-electron chi connectivity index (χ2n) is 4.57. The van der Waals surface area contributed by atoms with Gasteiger partial charge in [-0.05, 0) is 43.7 Å². The highest BCUT2D eigenvalue weighted by molar-refractivity contribution is 5.99. The van der Waals surface area contributed by atoms with Gasteiger partial charge < -0.3 is 4.74 Å². The van der Waals surface area contributed by atoms with E-state index >= 15 is 0 Å². The van der Waals surface area contributed by atoms with Crippen molar-refractivity contribution >= 4 is 5.78 Å². The summed E-state index contributed by atoms with van der Waals surface area (Å²) in [5.41, 5.74) is 3.38. The molecule has 0 bridgehead atoms. The average molecular weight is 255 g/mol. The van der Waals surface area contributed by atoms with Crippen molar-refractivity contribution in [3.8, 4) is 5.75 Å². The van der Waals surface area contributed by atoms with Gasteiger partial charge in [-0.2, -0.15) is 0 Å². The normalized spacial score (nSPS) is 10.3. The summed E-state index contributed by atoms with van der Waals surface area (Å²) in [4.78, 5) is 16.6. The molecule has 3 heteroatoms. The SMILES string of the molecule is COc1cc(C)ccc1C(=O)Cc1cccc(C)n1. The highest BCUT2D eigenvalue weighted by Gasteiger charge is 2.13. The summed E-state index contributed by atoms with van der Waals surface area (Å²) in [6.45, 7) is 3.89. The molecule has 0 aliphatic carbocycles. The van der Waals surface area contributed by atoms with E-state index in [0.29, 0.717) is 17.7 Å². The Bertz CT molecular complexity index is 605. The topological polar surface area (TPSA) is 39.2 Å². The van der Waals surface area contributed by atoms with E-state index in [9.17, 15) is 4.79 Å². The summed E-state index contributed by atoms with van der Waals surface area (Å²) in [5.74, 6) is 0.646. The summed E-state index contributed by atoms with van der Waals surface area (Å²) < 4.78 is 5.27. The molecule has 0 fully saturated rings. The van der Waals surface area contributed by atoms with Gasteiger partial charge in [0.25, 0.3) is 0 Å². The number of carbonyl (C=O) groups is 1. The van der Waals surface area contributed by atoms with Crippen molar-refractivity contribution < 1.29 is 9.53 Å². The minimum absolute atomic E-state index is 0.0231. The van der Waals surface area contributed by atoms with Crippen LogP contribution >= 0.6 is 0 Å². The second kappa shape index (κ2) is 5.65. The Hall–Kier alpha value is -2.16. The van der Waals surface area contributed by atoms with Crippen LogP contribution in [-0.4, -0.2) is 17.9 Å². The fraction of sp³-hybridized carbons (Fsp3) is 0.250. The molecule has 0 aliphatic heterocycles. The first-order chi connectivity index (χ1) is 9.10. The fourth-order valence-electron chi connectivity index (χ4n) is 1.99. The molecule has 2 rings (SSSR count). The average Bonchev–Trinajstić information content (AvgIpc) is 2.38. The van der Waals surface area contributed by atoms with Crippen LogP contribution in [0.4, 0.5) is 0 Å². The van der Waals surface area contributed by atoms with Crippen molar-refractivity contribution in [2.45, 2.75) is 20.3 Å². The van der Waals surface area contributed by atoms with E-state index in [-0.39, 0.29) is 5.78 Å². The van der Waals surface area contributed by atoms with Gasteiger partial charge in [0.2, 0.25) is 0 Å². The molecule has 3 nitrogen and oxygen atoms in total. The maximum absolute atomic E-state index is 12.3. The number of aromatic nitrogens is 1. The smallest absolute Gasteiger partial charge is 0.172 e. The van der Waals surface area contributed by atoms with Crippen LogP contribution in [0.5, 0.6) is 5.75 Å². The Morgan fingerprint density at radius 2 is 2.00 bits per heavy atom. The van der Waals surface area contributed by atoms with Crippen molar-refractivity contribution in [3.05, 3.63) is 58.9 Å². The molecule has 0 unspecified atom stereocenters. The van der Waals surface area contributed by atoms with Crippen molar-refractivity contribution in [3.63, 3.8) is 0 Å². The lowest BCUT2D eigenvalue weighted by Crippen LogP contribution is -2.07. The Balaban J connectivity index is 2.25. The number of pyridine rings is 1. The predicted octanol–water partition coefficient (Wildman–Crippen LogP) is 3.13. The van der Waals surface area contributed by atoms with E-state index in [4.69, 9.17) is 4.74 Å². The molecule has 2 aromatic rings. The van der Waals surface area contributed by atoms with E-state index in [1.165, 1.54) is 0 Å². The van der Waals surface area contributed by atoms with Gasteiger partial charge in [0.05, 0.1) is 19.1 Å². The summed E-state index contributed by atoms with van der Waals surface area (Å²) in [6.07, 6.45) is 0.293. The van der Waals surface area contributed by atoms with Crippen molar-refractivity contribution in [2.24, 2.45) is 0 Å². The lowest BCUT2D eigenvalue weighted by Gasteiger charge is -2.08. The van der Waals surface area contributed by atoms with E-state index in [1.54, 1.807) is 7.11 Å². The summed E-state index contributed by atoms with van der Waals surface area (Å²) >= 11 is 0. The molecule has 98 valence electrons. The number of hydrogen-bond acceptors (Lipinski definition) is 3. The zero-order chi connectivity index (χ0) is 13.8. The van der Waals surface area contributed by atoms with Gasteiger partial charge in [-0.15, -0.1) is 0 Å². The molecule has 0 aliphatic rings. The number of ketones is 1. The maximum Gasteiger partial charge on any atom is 0.172 e. The molecule has 0 radical (unpaired) electrons. The maximum atomic E-state index is 12.3. The van der Waals surface area contributed by atoms with Crippen LogP contribution in [-0.2, 0) is 6.42 Å². The molecular formula is C16H17NO2. The van der Waals surface area contributed by atoms with E-state index in [0.717, 1.165) is 17.0 Å². The largest absolute Gasteiger partial charge is 0.496 e. The third kappa shape index (κ3) is 3.19. The molecule has 1 aromatic heterocycles. The summed E-state index contributed by atoms with van der Waals surface area (Å²) in [6, 6.07) is 11.3. The number of carbonyl (C=O) groups excluding carboxylic acids is 1. The van der Waals surface area contributed by atoms with Crippen LogP contribution < -0.4 is 4.74 Å². The van der Waals surface area contributed by atoms with Crippen LogP contribution in [0.2, 0.25) is 0 Å². The molecule has 0 saturated carbocycles. The zero-order valence-electron chi connectivity index (χ0n) is 11.4. The van der Waals surface area contributed by atoms with Crippen molar-refractivity contribution in [1.29, 1.82) is 0 Å². The van der Waals surface area contributed by atoms with Gasteiger partial charge >= 0.3 is 0 Å². The standard InChI is InChI=1S/C16H17NO2/c1-11-7-8-14(16(9-11)19-3)15(18)10-13-6-4-5-12(2)17-13/h4-9H,10H2,1-3H3. The van der Waals surface area contributed by atoms with Crippen LogP contribution in [0.3, 0.4) is 0 Å². The number of ether oxygens (including phenoxy) is 1. The first kappa shape index (κ1) is 13.3. The van der Waals surface area contributed by atoms with Crippen molar-refractivity contribution in [1.82, 2.24) is 4.98 Å². The third-order valence-corrected chi connectivity index (χ3v) is 2.95. The van der Waals surface area contributed by atoms with E-state index in [1.807, 2.05) is 50.2 Å². The molecule has 0 amide bonds. The predicted molar refractivity (Wildman–Crippen MR) is 74.7 cm³/mol. The molecule has 1 aromatic carbocycles. The summed E-state index contributed by atoms with van der Waals surface area (Å²) in [7, 11) is 1.58. The molecule has 0 N–H and O–H groups in total. The number of aryl methyl sites for hydroxylation is 2. The lowest BCUT2D eigenvalue weighted by molar-refractivity contribution is 0.0989. The highest BCUT2D eigenvalue weighted by atomic mass is 16.5. The van der Waals surface area contributed by atoms with E-state index < -0.39 is 0 Å². The molecule has 1 heterocycles. The highest BCUT2D eigenvalue weighted by Crippen LogP contribution is 2.21. The molecule has 0 spiro atoms. The molecule has 19 heavy (non-hydrogen) atoms. The van der Waals surface area contributed by atoms with Crippen LogP contribution in [0.15, 0.2) is 36.4 Å². The van der Waals surface area contributed by atoms with Gasteiger partial charge in [-0.25, -0.2) is 0 Å². The zero-order valence-corrected chi connectivity index (χ0v) is 11.4. The summed E-state index contributed by atoms with van der Waals surface area (Å²) in [5, 5.41) is 0. The van der Waals surface area contributed by atoms with Gasteiger partial charge in [0.1, 0.15) is 5.75 Å². The fourth-order valence-corrected chi connectivity index (χ4v) is 1.99. The number of methoxy groups -OCH3 is 1. The van der Waals surface area contributed by atoms with Gasteiger partial charge in [-0.3, -0.25) is 9.78 Å². The number of benzene rings is 1. The number of hydrogen-bond donors (Lipinski definition) is 0. The van der Waals surface area contributed by atoms with Crippen LogP contribution in [0.25, 0.3) is 0 Å². The minimum Gasteiger partial charge on any atom is -0.496 e. The first-order valence-corrected chi connectivity index (χ1v) is 6.20.